The molecule has 2 aromatic heterocycles. The number of amides is 1. The van der Waals surface area contributed by atoms with Crippen molar-refractivity contribution in [2.45, 2.75) is 32.4 Å². The van der Waals surface area contributed by atoms with E-state index in [0.29, 0.717) is 42.9 Å². The fraction of sp³-hybridized carbons (Fsp3) is 0.214. The van der Waals surface area contributed by atoms with E-state index in [-0.39, 0.29) is 17.9 Å². The van der Waals surface area contributed by atoms with Gasteiger partial charge in [-0.05, 0) is 41.8 Å². The fourth-order valence-electron chi connectivity index (χ4n) is 4.32. The fourth-order valence-corrected chi connectivity index (χ4v) is 4.32. The Morgan fingerprint density at radius 3 is 2.42 bits per heavy atom. The molecule has 1 amide bonds. The summed E-state index contributed by atoms with van der Waals surface area (Å²) >= 11 is 0. The number of nitrogens with one attached hydrogen (secondary N) is 1. The minimum Gasteiger partial charge on any atom is -0.497 e. The lowest BCUT2D eigenvalue weighted by molar-refractivity contribution is -0.121. The highest BCUT2D eigenvalue weighted by molar-refractivity contribution is 5.80. The molecular formula is C28H27N5O3. The second-order valence-electron chi connectivity index (χ2n) is 8.59. The number of hydrogen-bond acceptors (Lipinski definition) is 5. The molecule has 182 valence electrons. The number of benzene rings is 3. The Kier molecular flexibility index (Phi) is 6.75. The van der Waals surface area contributed by atoms with Crippen LogP contribution in [-0.2, 0) is 30.7 Å². The SMILES string of the molecule is COc1ccc(CNC(=O)CCc2nnc3n(CCc4ccccc4)c(=O)c4ccccc4n23)cc1. The molecule has 0 aliphatic carbocycles. The Bertz CT molecular complexity index is 1560. The van der Waals surface area contributed by atoms with Gasteiger partial charge in [-0.3, -0.25) is 18.6 Å². The number of methoxy groups -OCH3 is 1. The maximum atomic E-state index is 13.3. The number of fused-ring (bicyclic) bond motifs is 3. The van der Waals surface area contributed by atoms with E-state index in [9.17, 15) is 9.59 Å². The molecule has 1 N–H and O–H groups in total. The smallest absolute Gasteiger partial charge is 0.262 e. The number of ether oxygens (including phenoxy) is 1. The zero-order valence-electron chi connectivity index (χ0n) is 20.1. The molecule has 0 radical (unpaired) electrons. The first kappa shape index (κ1) is 23.3. The second-order valence-corrected chi connectivity index (χ2v) is 8.59. The zero-order chi connectivity index (χ0) is 24.9. The number of hydrogen-bond donors (Lipinski definition) is 1. The molecule has 0 aliphatic heterocycles. The molecule has 5 aromatic rings. The topological polar surface area (TPSA) is 90.5 Å². The van der Waals surface area contributed by atoms with Crippen molar-refractivity contribution in [2.24, 2.45) is 0 Å². The van der Waals surface area contributed by atoms with Crippen LogP contribution in [0.5, 0.6) is 5.75 Å². The monoisotopic (exact) mass is 481 g/mol. The molecule has 36 heavy (non-hydrogen) atoms. The normalized spacial score (nSPS) is 11.1. The van der Waals surface area contributed by atoms with Gasteiger partial charge in [0, 0.05) is 25.9 Å². The Morgan fingerprint density at radius 2 is 1.64 bits per heavy atom. The van der Waals surface area contributed by atoms with Crippen LogP contribution >= 0.6 is 0 Å². The van der Waals surface area contributed by atoms with E-state index < -0.39 is 0 Å². The molecule has 0 fully saturated rings. The van der Waals surface area contributed by atoms with Crippen LogP contribution < -0.4 is 15.6 Å². The lowest BCUT2D eigenvalue weighted by Gasteiger charge is -2.11. The Labute approximate surface area is 208 Å². The van der Waals surface area contributed by atoms with Gasteiger partial charge in [-0.25, -0.2) is 0 Å². The number of aromatic nitrogens is 4. The van der Waals surface area contributed by atoms with Gasteiger partial charge < -0.3 is 10.1 Å². The summed E-state index contributed by atoms with van der Waals surface area (Å²) in [5, 5.41) is 12.3. The van der Waals surface area contributed by atoms with E-state index in [1.165, 1.54) is 0 Å². The Morgan fingerprint density at radius 1 is 0.889 bits per heavy atom. The molecule has 0 atom stereocenters. The summed E-state index contributed by atoms with van der Waals surface area (Å²) in [4.78, 5) is 25.9. The maximum Gasteiger partial charge on any atom is 0.262 e. The van der Waals surface area contributed by atoms with Crippen LogP contribution in [0.4, 0.5) is 0 Å². The molecular weight excluding hydrogens is 454 g/mol. The molecule has 0 bridgehead atoms. The number of nitrogens with zero attached hydrogens (tertiary/aromatic N) is 4. The van der Waals surface area contributed by atoms with Crippen LogP contribution in [0.25, 0.3) is 16.7 Å². The van der Waals surface area contributed by atoms with Gasteiger partial charge in [0.05, 0.1) is 18.0 Å². The summed E-state index contributed by atoms with van der Waals surface area (Å²) in [5.74, 6) is 1.83. The maximum absolute atomic E-state index is 13.3. The molecule has 5 rings (SSSR count). The zero-order valence-corrected chi connectivity index (χ0v) is 20.1. The van der Waals surface area contributed by atoms with E-state index in [1.807, 2.05) is 83.3 Å². The molecule has 0 saturated carbocycles. The number of carbonyl (C=O) groups is 1. The molecule has 2 heterocycles. The summed E-state index contributed by atoms with van der Waals surface area (Å²) in [6, 6.07) is 25.1. The van der Waals surface area contributed by atoms with Gasteiger partial charge in [-0.2, -0.15) is 0 Å². The number of rotatable bonds is 9. The summed E-state index contributed by atoms with van der Waals surface area (Å²) < 4.78 is 8.75. The van der Waals surface area contributed by atoms with E-state index >= 15 is 0 Å². The van der Waals surface area contributed by atoms with Crippen molar-refractivity contribution in [1.29, 1.82) is 0 Å². The standard InChI is InChI=1S/C28H27N5O3/c1-36-22-13-11-21(12-14-22)19-29-26(34)16-15-25-30-31-28-32(18-17-20-7-3-2-4-8-20)27(35)23-9-5-6-10-24(23)33(25)28/h2-14H,15-19H2,1H3,(H,29,34). The van der Waals surface area contributed by atoms with E-state index in [4.69, 9.17) is 4.74 Å². The Hall–Kier alpha value is -4.46. The third-order valence-corrected chi connectivity index (χ3v) is 6.27. The van der Waals surface area contributed by atoms with Crippen molar-refractivity contribution in [1.82, 2.24) is 24.5 Å². The van der Waals surface area contributed by atoms with Gasteiger partial charge >= 0.3 is 0 Å². The highest BCUT2D eigenvalue weighted by Gasteiger charge is 2.17. The van der Waals surface area contributed by atoms with Gasteiger partial charge in [0.15, 0.2) is 0 Å². The lowest BCUT2D eigenvalue weighted by Crippen LogP contribution is -2.25. The summed E-state index contributed by atoms with van der Waals surface area (Å²) in [5.41, 5.74) is 2.78. The lowest BCUT2D eigenvalue weighted by atomic mass is 10.1. The van der Waals surface area contributed by atoms with Crippen molar-refractivity contribution in [3.8, 4) is 5.75 Å². The van der Waals surface area contributed by atoms with Crippen LogP contribution in [0.3, 0.4) is 0 Å². The highest BCUT2D eigenvalue weighted by atomic mass is 16.5. The van der Waals surface area contributed by atoms with E-state index in [2.05, 4.69) is 15.5 Å². The third kappa shape index (κ3) is 4.84. The van der Waals surface area contributed by atoms with Gasteiger partial charge in [-0.1, -0.05) is 54.6 Å². The number of aryl methyl sites for hydroxylation is 3. The van der Waals surface area contributed by atoms with Gasteiger partial charge in [0.2, 0.25) is 11.7 Å². The van der Waals surface area contributed by atoms with Crippen molar-refractivity contribution in [3.63, 3.8) is 0 Å². The third-order valence-electron chi connectivity index (χ3n) is 6.27. The number of para-hydroxylation sites is 1. The average Bonchev–Trinajstić information content (AvgIpc) is 3.35. The van der Waals surface area contributed by atoms with Crippen LogP contribution in [0.15, 0.2) is 83.7 Å². The Balaban J connectivity index is 1.36. The summed E-state index contributed by atoms with van der Waals surface area (Å²) in [6.45, 7) is 0.920. The minimum absolute atomic E-state index is 0.0794. The second kappa shape index (κ2) is 10.4. The first-order valence-electron chi connectivity index (χ1n) is 11.9. The predicted molar refractivity (Wildman–Crippen MR) is 138 cm³/mol. The van der Waals surface area contributed by atoms with Crippen molar-refractivity contribution >= 4 is 22.6 Å². The molecule has 3 aromatic carbocycles. The molecule has 0 aliphatic rings. The van der Waals surface area contributed by atoms with E-state index in [1.54, 1.807) is 11.7 Å². The van der Waals surface area contributed by atoms with Crippen LogP contribution in [0.2, 0.25) is 0 Å². The van der Waals surface area contributed by atoms with Crippen molar-refractivity contribution < 1.29 is 9.53 Å². The average molecular weight is 482 g/mol. The van der Waals surface area contributed by atoms with Crippen LogP contribution in [0, 0.1) is 0 Å². The van der Waals surface area contributed by atoms with Gasteiger partial charge in [0.1, 0.15) is 11.6 Å². The minimum atomic E-state index is -0.0924. The number of carbonyl (C=O) groups excluding carboxylic acids is 1. The molecule has 8 nitrogen and oxygen atoms in total. The van der Waals surface area contributed by atoms with Crippen molar-refractivity contribution in [3.05, 3.63) is 106 Å². The molecule has 0 saturated heterocycles. The molecule has 8 heteroatoms. The first-order valence-corrected chi connectivity index (χ1v) is 11.9. The largest absolute Gasteiger partial charge is 0.497 e. The van der Waals surface area contributed by atoms with Crippen molar-refractivity contribution in [2.75, 3.05) is 7.11 Å². The van der Waals surface area contributed by atoms with Crippen LogP contribution in [0.1, 0.15) is 23.4 Å². The highest BCUT2D eigenvalue weighted by Crippen LogP contribution is 2.16. The summed E-state index contributed by atoms with van der Waals surface area (Å²) in [7, 11) is 1.62. The first-order chi connectivity index (χ1) is 17.6. The molecule has 0 unspecified atom stereocenters. The van der Waals surface area contributed by atoms with Gasteiger partial charge in [-0.15, -0.1) is 10.2 Å². The van der Waals surface area contributed by atoms with Gasteiger partial charge in [0.25, 0.3) is 5.56 Å². The van der Waals surface area contributed by atoms with E-state index in [0.717, 1.165) is 22.4 Å². The quantitative estimate of drug-likeness (QED) is 0.348. The summed E-state index contributed by atoms with van der Waals surface area (Å²) in [6.07, 6.45) is 1.36. The molecule has 0 spiro atoms. The van der Waals surface area contributed by atoms with Crippen LogP contribution in [-0.4, -0.2) is 32.2 Å². The predicted octanol–water partition coefficient (Wildman–Crippen LogP) is 3.54.